The third-order valence-electron chi connectivity index (χ3n) is 6.02. The van der Waals surface area contributed by atoms with E-state index >= 15 is 0 Å². The van der Waals surface area contributed by atoms with Crippen LogP contribution >= 0.6 is 0 Å². The monoisotopic (exact) mass is 499 g/mol. The van der Waals surface area contributed by atoms with Gasteiger partial charge in [0.1, 0.15) is 17.7 Å². The molecule has 0 aromatic heterocycles. The number of aliphatic hydroxyl groups is 1. The zero-order valence-corrected chi connectivity index (χ0v) is 22.8. The van der Waals surface area contributed by atoms with E-state index in [9.17, 15) is 19.5 Å². The Morgan fingerprint density at radius 3 is 2.11 bits per heavy atom. The summed E-state index contributed by atoms with van der Waals surface area (Å²) in [6, 6.07) is 4.73. The molecule has 1 heterocycles. The molecule has 1 aliphatic rings. The third-order valence-corrected chi connectivity index (χ3v) is 6.02. The number of carbonyl (C=O) groups excluding carboxylic acids is 3. The molecular weight excluding hydrogens is 458 g/mol. The van der Waals surface area contributed by atoms with Crippen LogP contribution in [0.5, 0.6) is 0 Å². The zero-order chi connectivity index (χ0) is 27.5. The quantitative estimate of drug-likeness (QED) is 0.519. The second-order valence-corrected chi connectivity index (χ2v) is 12.0. The number of hydrogen-bond donors (Lipinski definition) is 3. The number of nitrogens with one attached hydrogen (secondary N) is 2. The molecule has 8 nitrogen and oxygen atoms in total. The maximum Gasteiger partial charge on any atom is 0.408 e. The van der Waals surface area contributed by atoms with Crippen molar-refractivity contribution < 1.29 is 24.2 Å². The fourth-order valence-corrected chi connectivity index (χ4v) is 4.22. The van der Waals surface area contributed by atoms with Gasteiger partial charge in [-0.05, 0) is 70.6 Å². The molecule has 1 aromatic carbocycles. The average Bonchev–Trinajstić information content (AvgIpc) is 3.22. The van der Waals surface area contributed by atoms with Gasteiger partial charge in [-0.3, -0.25) is 9.59 Å². The van der Waals surface area contributed by atoms with Gasteiger partial charge in [-0.15, -0.1) is 6.42 Å². The molecule has 1 fully saturated rings. The number of alkyl carbamates (subject to hydrolysis) is 1. The summed E-state index contributed by atoms with van der Waals surface area (Å²) < 4.78 is 5.37. The van der Waals surface area contributed by atoms with Crippen molar-refractivity contribution in [1.82, 2.24) is 15.5 Å². The molecule has 198 valence electrons. The molecule has 1 saturated heterocycles. The Kier molecular flexibility index (Phi) is 8.85. The number of likely N-dealkylation sites (tertiary alicyclic amines) is 1. The Morgan fingerprint density at radius 1 is 1.06 bits per heavy atom. The van der Waals surface area contributed by atoms with Crippen molar-refractivity contribution in [3.05, 3.63) is 35.4 Å². The van der Waals surface area contributed by atoms with Gasteiger partial charge in [0.05, 0.1) is 11.6 Å². The predicted molar refractivity (Wildman–Crippen MR) is 139 cm³/mol. The lowest BCUT2D eigenvalue weighted by atomic mass is 9.85. The zero-order valence-electron chi connectivity index (χ0n) is 22.8. The summed E-state index contributed by atoms with van der Waals surface area (Å²) in [7, 11) is 0. The van der Waals surface area contributed by atoms with Gasteiger partial charge >= 0.3 is 6.09 Å². The Labute approximate surface area is 215 Å². The van der Waals surface area contributed by atoms with Crippen LogP contribution in [0.3, 0.4) is 0 Å². The van der Waals surface area contributed by atoms with Crippen molar-refractivity contribution in [1.29, 1.82) is 0 Å². The molecule has 2 rings (SSSR count). The van der Waals surface area contributed by atoms with Gasteiger partial charge < -0.3 is 25.4 Å². The number of carbonyl (C=O) groups is 3. The Balaban J connectivity index is 2.25. The van der Waals surface area contributed by atoms with Crippen LogP contribution in [0.15, 0.2) is 24.3 Å². The number of benzene rings is 1. The van der Waals surface area contributed by atoms with E-state index in [-0.39, 0.29) is 11.8 Å². The molecule has 1 aliphatic heterocycles. The number of ether oxygens (including phenoxy) is 1. The highest BCUT2D eigenvalue weighted by atomic mass is 16.6. The second kappa shape index (κ2) is 10.9. The molecule has 0 radical (unpaired) electrons. The lowest BCUT2D eigenvalue weighted by Gasteiger charge is -2.37. The SMILES string of the molecule is C#Cc1ccc(C(NC(=O)C2CCCN2C(=O)C(NC(=O)OC(C)(C)C)C(C)(C)C)C(C)(C)O)cc1. The highest BCUT2D eigenvalue weighted by Crippen LogP contribution is 2.29. The summed E-state index contributed by atoms with van der Waals surface area (Å²) in [4.78, 5) is 41.1. The van der Waals surface area contributed by atoms with E-state index in [0.29, 0.717) is 30.5 Å². The first-order valence-electron chi connectivity index (χ1n) is 12.3. The Bertz CT molecular complexity index is 990. The van der Waals surface area contributed by atoms with E-state index in [4.69, 9.17) is 11.2 Å². The van der Waals surface area contributed by atoms with Gasteiger partial charge in [0.25, 0.3) is 0 Å². The molecule has 0 saturated carbocycles. The van der Waals surface area contributed by atoms with Crippen molar-refractivity contribution in [2.24, 2.45) is 5.41 Å². The van der Waals surface area contributed by atoms with Gasteiger partial charge in [0.15, 0.2) is 0 Å². The van der Waals surface area contributed by atoms with Crippen LogP contribution in [-0.4, -0.2) is 57.7 Å². The van der Waals surface area contributed by atoms with Crippen LogP contribution in [0.4, 0.5) is 4.79 Å². The first-order valence-corrected chi connectivity index (χ1v) is 12.3. The van der Waals surface area contributed by atoms with Gasteiger partial charge in [0.2, 0.25) is 11.8 Å². The van der Waals surface area contributed by atoms with E-state index in [0.717, 1.165) is 0 Å². The average molecular weight is 500 g/mol. The summed E-state index contributed by atoms with van der Waals surface area (Å²) in [5.41, 5.74) is -1.21. The predicted octanol–water partition coefficient (Wildman–Crippen LogP) is 3.53. The number of hydrogen-bond acceptors (Lipinski definition) is 5. The Hall–Kier alpha value is -3.05. The number of amides is 3. The fourth-order valence-electron chi connectivity index (χ4n) is 4.22. The van der Waals surface area contributed by atoms with Crippen molar-refractivity contribution in [3.63, 3.8) is 0 Å². The number of rotatable bonds is 6. The molecule has 0 spiro atoms. The van der Waals surface area contributed by atoms with Crippen molar-refractivity contribution >= 4 is 17.9 Å². The minimum Gasteiger partial charge on any atom is -0.444 e. The smallest absolute Gasteiger partial charge is 0.408 e. The van der Waals surface area contributed by atoms with E-state index in [1.165, 1.54) is 4.90 Å². The molecule has 3 unspecified atom stereocenters. The van der Waals surface area contributed by atoms with Crippen LogP contribution in [0.1, 0.15) is 85.4 Å². The highest BCUT2D eigenvalue weighted by Gasteiger charge is 2.43. The Morgan fingerprint density at radius 2 is 1.64 bits per heavy atom. The molecule has 36 heavy (non-hydrogen) atoms. The molecule has 1 aromatic rings. The van der Waals surface area contributed by atoms with Gasteiger partial charge in [-0.2, -0.15) is 0 Å². The summed E-state index contributed by atoms with van der Waals surface area (Å²) in [5, 5.41) is 16.5. The van der Waals surface area contributed by atoms with Crippen LogP contribution < -0.4 is 10.6 Å². The van der Waals surface area contributed by atoms with E-state index in [1.54, 1.807) is 58.9 Å². The molecular formula is C28H41N3O5. The molecule has 3 amide bonds. The molecule has 8 heteroatoms. The van der Waals surface area contributed by atoms with Gasteiger partial charge in [-0.1, -0.05) is 38.8 Å². The minimum atomic E-state index is -1.27. The first kappa shape index (κ1) is 29.2. The van der Waals surface area contributed by atoms with Gasteiger partial charge in [0, 0.05) is 12.1 Å². The first-order chi connectivity index (χ1) is 16.4. The lowest BCUT2D eigenvalue weighted by Crippen LogP contribution is -2.58. The van der Waals surface area contributed by atoms with Gasteiger partial charge in [-0.25, -0.2) is 4.79 Å². The van der Waals surface area contributed by atoms with Crippen molar-refractivity contribution in [2.75, 3.05) is 6.54 Å². The van der Waals surface area contributed by atoms with E-state index < -0.39 is 40.8 Å². The molecule has 0 bridgehead atoms. The summed E-state index contributed by atoms with van der Waals surface area (Å²) in [6.45, 7) is 14.4. The van der Waals surface area contributed by atoms with E-state index in [2.05, 4.69) is 16.6 Å². The summed E-state index contributed by atoms with van der Waals surface area (Å²) >= 11 is 0. The standard InChI is InChI=1S/C28H41N3O5/c1-10-18-13-15-19(16-14-18)21(28(8,9)35)29-23(32)20-12-11-17-31(20)24(33)22(26(2,3)4)30-25(34)36-27(5,6)7/h1,13-16,20-22,35H,11-12,17H2,2-9H3,(H,29,32)(H,30,34). The molecule has 3 atom stereocenters. The largest absolute Gasteiger partial charge is 0.444 e. The van der Waals surface area contributed by atoms with E-state index in [1.807, 2.05) is 20.8 Å². The van der Waals surface area contributed by atoms with Crippen LogP contribution in [0.25, 0.3) is 0 Å². The number of nitrogens with zero attached hydrogens (tertiary/aromatic N) is 1. The van der Waals surface area contributed by atoms with Crippen molar-refractivity contribution in [3.8, 4) is 12.3 Å². The second-order valence-electron chi connectivity index (χ2n) is 12.0. The molecule has 0 aliphatic carbocycles. The molecule has 3 N–H and O–H groups in total. The van der Waals surface area contributed by atoms with Crippen LogP contribution in [-0.2, 0) is 14.3 Å². The maximum absolute atomic E-state index is 13.6. The highest BCUT2D eigenvalue weighted by molar-refractivity contribution is 5.92. The summed E-state index contributed by atoms with van der Waals surface area (Å²) in [5.74, 6) is 1.85. The fraction of sp³-hybridized carbons (Fsp3) is 0.607. The summed E-state index contributed by atoms with van der Waals surface area (Å²) in [6.07, 6.45) is 5.89. The lowest BCUT2D eigenvalue weighted by molar-refractivity contribution is -0.142. The van der Waals surface area contributed by atoms with Crippen LogP contribution in [0, 0.1) is 17.8 Å². The third kappa shape index (κ3) is 7.72. The normalized spacial score (nSPS) is 18.1. The number of terminal acetylenes is 1. The van der Waals surface area contributed by atoms with Crippen molar-refractivity contribution in [2.45, 2.75) is 97.6 Å². The maximum atomic E-state index is 13.6. The topological polar surface area (TPSA) is 108 Å². The van der Waals surface area contributed by atoms with Crippen LogP contribution in [0.2, 0.25) is 0 Å². The minimum absolute atomic E-state index is 0.343.